The van der Waals surface area contributed by atoms with Crippen molar-refractivity contribution in [3.8, 4) is 5.75 Å². The van der Waals surface area contributed by atoms with E-state index in [4.69, 9.17) is 9.47 Å². The molecule has 1 N–H and O–H groups in total. The maximum atomic E-state index is 13.9. The van der Waals surface area contributed by atoms with Gasteiger partial charge in [0.2, 0.25) is 0 Å². The molecule has 12 heteroatoms. The van der Waals surface area contributed by atoms with E-state index in [1.807, 2.05) is 6.92 Å². The largest absolute Gasteiger partial charge is 0.491 e. The topological polar surface area (TPSA) is 76.8 Å². The molecule has 3 aromatic rings. The standard InChI is InChI=1S/C21H22F4N6O2/c1-11-7-17(31-20(26-11)28-19(29-31)21(23,24)25)27-18-14-4-3-13(22)8-16(14)33-10-15(18)30-5-6-32-12(2)9-30/h3-4,7-8,12,15,18,27H,5-6,9-10H2,1-2H3/t12-,15+,18+/m1/s1. The molecule has 2 aromatic heterocycles. The van der Waals surface area contributed by atoms with E-state index >= 15 is 0 Å². The zero-order valence-corrected chi connectivity index (χ0v) is 17.9. The summed E-state index contributed by atoms with van der Waals surface area (Å²) in [6.07, 6.45) is -4.68. The maximum Gasteiger partial charge on any atom is 0.453 e. The average Bonchev–Trinajstić information content (AvgIpc) is 3.18. The fraction of sp³-hybridized carbons (Fsp3) is 0.476. The summed E-state index contributed by atoms with van der Waals surface area (Å²) in [7, 11) is 0. The number of hydrogen-bond acceptors (Lipinski definition) is 7. The molecular formula is C21H22F4N6O2. The van der Waals surface area contributed by atoms with Gasteiger partial charge in [-0.3, -0.25) is 4.90 Å². The number of morpholine rings is 1. The van der Waals surface area contributed by atoms with E-state index in [-0.39, 0.29) is 24.5 Å². The summed E-state index contributed by atoms with van der Waals surface area (Å²) in [4.78, 5) is 9.85. The molecule has 0 spiro atoms. The molecule has 0 radical (unpaired) electrons. The molecule has 176 valence electrons. The number of nitrogens with one attached hydrogen (secondary N) is 1. The number of alkyl halides is 3. The van der Waals surface area contributed by atoms with Crippen molar-refractivity contribution in [3.63, 3.8) is 0 Å². The van der Waals surface area contributed by atoms with Crippen LogP contribution in [-0.4, -0.2) is 62.9 Å². The first-order valence-electron chi connectivity index (χ1n) is 10.5. The second-order valence-corrected chi connectivity index (χ2v) is 8.29. The summed E-state index contributed by atoms with van der Waals surface area (Å²) in [6.45, 7) is 5.80. The molecule has 0 aliphatic carbocycles. The summed E-state index contributed by atoms with van der Waals surface area (Å²) in [5, 5.41) is 6.98. The Hall–Kier alpha value is -2.99. The van der Waals surface area contributed by atoms with E-state index in [0.29, 0.717) is 42.5 Å². The lowest BCUT2D eigenvalue weighted by molar-refractivity contribution is -0.144. The Bertz CT molecular complexity index is 1180. The Morgan fingerprint density at radius 2 is 2.00 bits per heavy atom. The first-order valence-corrected chi connectivity index (χ1v) is 10.5. The third kappa shape index (κ3) is 4.20. The summed E-state index contributed by atoms with van der Waals surface area (Å²) in [5.41, 5.74) is 1.18. The first-order chi connectivity index (χ1) is 15.7. The zero-order valence-electron chi connectivity index (χ0n) is 17.9. The fourth-order valence-electron chi connectivity index (χ4n) is 4.37. The highest BCUT2D eigenvalue weighted by Crippen LogP contribution is 2.38. The fourth-order valence-corrected chi connectivity index (χ4v) is 4.37. The van der Waals surface area contributed by atoms with E-state index in [1.165, 1.54) is 12.1 Å². The maximum absolute atomic E-state index is 13.9. The van der Waals surface area contributed by atoms with Gasteiger partial charge >= 0.3 is 6.18 Å². The van der Waals surface area contributed by atoms with Gasteiger partial charge in [0, 0.05) is 36.5 Å². The Balaban J connectivity index is 1.58. The number of rotatable bonds is 3. The van der Waals surface area contributed by atoms with Crippen LogP contribution in [0.4, 0.5) is 23.4 Å². The number of ether oxygens (including phenoxy) is 2. The van der Waals surface area contributed by atoms with Gasteiger partial charge < -0.3 is 14.8 Å². The van der Waals surface area contributed by atoms with Gasteiger partial charge in [0.05, 0.1) is 24.8 Å². The highest BCUT2D eigenvalue weighted by Gasteiger charge is 2.39. The molecule has 1 aromatic carbocycles. The number of fused-ring (bicyclic) bond motifs is 2. The number of anilines is 1. The third-order valence-electron chi connectivity index (χ3n) is 5.84. The average molecular weight is 466 g/mol. The lowest BCUT2D eigenvalue weighted by atomic mass is 9.94. The van der Waals surface area contributed by atoms with Crippen molar-refractivity contribution in [1.82, 2.24) is 24.5 Å². The van der Waals surface area contributed by atoms with Gasteiger partial charge in [0.15, 0.2) is 0 Å². The van der Waals surface area contributed by atoms with Crippen molar-refractivity contribution < 1.29 is 27.0 Å². The molecule has 33 heavy (non-hydrogen) atoms. The van der Waals surface area contributed by atoms with Crippen molar-refractivity contribution in [2.75, 3.05) is 31.6 Å². The quantitative estimate of drug-likeness (QED) is 0.594. The summed E-state index contributed by atoms with van der Waals surface area (Å²) < 4.78 is 66.2. The molecule has 1 fully saturated rings. The minimum absolute atomic E-state index is 0.0218. The van der Waals surface area contributed by atoms with Crippen molar-refractivity contribution in [2.45, 2.75) is 38.2 Å². The number of benzene rings is 1. The summed E-state index contributed by atoms with van der Waals surface area (Å²) in [6, 6.07) is 5.30. The van der Waals surface area contributed by atoms with Gasteiger partial charge in [-0.2, -0.15) is 22.7 Å². The summed E-state index contributed by atoms with van der Waals surface area (Å²) >= 11 is 0. The van der Waals surface area contributed by atoms with Crippen LogP contribution in [0.25, 0.3) is 5.78 Å². The normalized spacial score (nSPS) is 23.9. The molecule has 2 aliphatic rings. The van der Waals surface area contributed by atoms with E-state index in [1.54, 1.807) is 19.1 Å². The highest BCUT2D eigenvalue weighted by atomic mass is 19.4. The molecular weight excluding hydrogens is 444 g/mol. The summed E-state index contributed by atoms with van der Waals surface area (Å²) in [5.74, 6) is -1.17. The Morgan fingerprint density at radius 1 is 1.18 bits per heavy atom. The number of aryl methyl sites for hydroxylation is 1. The van der Waals surface area contributed by atoms with Gasteiger partial charge in [-0.25, -0.2) is 9.37 Å². The van der Waals surface area contributed by atoms with E-state index < -0.39 is 23.9 Å². The van der Waals surface area contributed by atoms with Crippen molar-refractivity contribution >= 4 is 11.6 Å². The number of nitrogens with zero attached hydrogens (tertiary/aromatic N) is 5. The molecule has 0 amide bonds. The molecule has 4 heterocycles. The number of halogens is 4. The van der Waals surface area contributed by atoms with Crippen LogP contribution in [0, 0.1) is 12.7 Å². The van der Waals surface area contributed by atoms with Crippen LogP contribution in [0.2, 0.25) is 0 Å². The van der Waals surface area contributed by atoms with E-state index in [9.17, 15) is 17.6 Å². The molecule has 0 saturated carbocycles. The Labute approximate surface area is 186 Å². The second-order valence-electron chi connectivity index (χ2n) is 8.29. The van der Waals surface area contributed by atoms with E-state index in [2.05, 4.69) is 25.3 Å². The molecule has 5 rings (SSSR count). The van der Waals surface area contributed by atoms with Crippen LogP contribution in [0.15, 0.2) is 24.3 Å². The van der Waals surface area contributed by atoms with Crippen molar-refractivity contribution in [1.29, 1.82) is 0 Å². The van der Waals surface area contributed by atoms with Crippen molar-refractivity contribution in [2.24, 2.45) is 0 Å². The van der Waals surface area contributed by atoms with Crippen LogP contribution < -0.4 is 10.1 Å². The van der Waals surface area contributed by atoms with Crippen LogP contribution in [0.3, 0.4) is 0 Å². The first kappa shape index (κ1) is 21.8. The number of hydrogen-bond donors (Lipinski definition) is 1. The molecule has 0 bridgehead atoms. The smallest absolute Gasteiger partial charge is 0.453 e. The van der Waals surface area contributed by atoms with Crippen LogP contribution in [0.5, 0.6) is 5.75 Å². The number of aromatic nitrogens is 4. The Morgan fingerprint density at radius 3 is 2.76 bits per heavy atom. The van der Waals surface area contributed by atoms with Crippen LogP contribution >= 0.6 is 0 Å². The lowest BCUT2D eigenvalue weighted by Gasteiger charge is -2.43. The molecule has 3 atom stereocenters. The lowest BCUT2D eigenvalue weighted by Crippen LogP contribution is -2.54. The van der Waals surface area contributed by atoms with Gasteiger partial charge in [0.1, 0.15) is 24.0 Å². The molecule has 0 unspecified atom stereocenters. The zero-order chi connectivity index (χ0) is 23.3. The van der Waals surface area contributed by atoms with Gasteiger partial charge in [-0.05, 0) is 19.9 Å². The predicted molar refractivity (Wildman–Crippen MR) is 110 cm³/mol. The van der Waals surface area contributed by atoms with Crippen molar-refractivity contribution in [3.05, 3.63) is 47.2 Å². The minimum Gasteiger partial charge on any atom is -0.491 e. The van der Waals surface area contributed by atoms with Gasteiger partial charge in [-0.15, -0.1) is 5.10 Å². The molecule has 8 nitrogen and oxygen atoms in total. The monoisotopic (exact) mass is 466 g/mol. The second kappa shape index (κ2) is 8.10. The highest BCUT2D eigenvalue weighted by molar-refractivity contribution is 5.50. The Kier molecular flexibility index (Phi) is 5.36. The third-order valence-corrected chi connectivity index (χ3v) is 5.84. The van der Waals surface area contributed by atoms with Crippen LogP contribution in [-0.2, 0) is 10.9 Å². The minimum atomic E-state index is -4.70. The SMILES string of the molecule is Cc1cc(N[C@H]2c3ccc(F)cc3OC[C@@H]2N2CCO[C@H](C)C2)n2nc(C(F)(F)F)nc2n1. The molecule has 2 aliphatic heterocycles. The molecule has 1 saturated heterocycles. The predicted octanol–water partition coefficient (Wildman–Crippen LogP) is 3.23. The van der Waals surface area contributed by atoms with E-state index in [0.717, 1.165) is 4.52 Å². The van der Waals surface area contributed by atoms with Gasteiger partial charge in [-0.1, -0.05) is 6.07 Å². The van der Waals surface area contributed by atoms with Crippen LogP contribution in [0.1, 0.15) is 30.0 Å². The van der Waals surface area contributed by atoms with Gasteiger partial charge in [0.25, 0.3) is 11.6 Å².